The van der Waals surface area contributed by atoms with Gasteiger partial charge < -0.3 is 10.1 Å². The number of nitrogens with zero attached hydrogens (tertiary/aromatic N) is 1. The topological polar surface area (TPSA) is 68.3 Å². The Labute approximate surface area is 150 Å². The second kappa shape index (κ2) is 7.11. The van der Waals surface area contributed by atoms with Crippen LogP contribution in [0.4, 0.5) is 5.69 Å². The molecule has 5 nitrogen and oxygen atoms in total. The lowest BCUT2D eigenvalue weighted by Gasteiger charge is -2.09. The summed E-state index contributed by atoms with van der Waals surface area (Å²) in [5.41, 5.74) is 4.55. The Balaban J connectivity index is 1.60. The van der Waals surface area contributed by atoms with E-state index in [1.807, 2.05) is 19.1 Å². The third kappa shape index (κ3) is 3.80. The third-order valence-corrected chi connectivity index (χ3v) is 4.65. The van der Waals surface area contributed by atoms with Gasteiger partial charge in [-0.05, 0) is 48.9 Å². The zero-order chi connectivity index (χ0) is 17.1. The van der Waals surface area contributed by atoms with Crippen LogP contribution in [0.3, 0.4) is 0 Å². The van der Waals surface area contributed by atoms with Gasteiger partial charge in [-0.15, -0.1) is 11.3 Å². The molecule has 1 aromatic heterocycles. The van der Waals surface area contributed by atoms with Gasteiger partial charge in [0.1, 0.15) is 0 Å². The number of aryl methyl sites for hydroxylation is 1. The number of fused-ring (bicyclic) bond motifs is 1. The van der Waals surface area contributed by atoms with E-state index in [0.717, 1.165) is 20.3 Å². The van der Waals surface area contributed by atoms with Crippen LogP contribution in [0.2, 0.25) is 0 Å². The average Bonchev–Trinajstić information content (AvgIpc) is 3.03. The summed E-state index contributed by atoms with van der Waals surface area (Å²) < 4.78 is 6.91. The van der Waals surface area contributed by atoms with Gasteiger partial charge in [0.05, 0.1) is 21.3 Å². The van der Waals surface area contributed by atoms with Crippen LogP contribution in [0.5, 0.6) is 0 Å². The van der Waals surface area contributed by atoms with E-state index in [9.17, 15) is 9.59 Å². The molecule has 0 unspecified atom stereocenters. The first kappa shape index (κ1) is 16.6. The SMILES string of the molecule is Cc1cc(Br)ccc1NC(=O)COC(=O)c1ccc2ncsc2c1. The molecule has 0 bridgehead atoms. The van der Waals surface area contributed by atoms with E-state index >= 15 is 0 Å². The molecule has 24 heavy (non-hydrogen) atoms. The van der Waals surface area contributed by atoms with Crippen molar-refractivity contribution in [3.05, 3.63) is 57.5 Å². The van der Waals surface area contributed by atoms with Crippen LogP contribution in [0.1, 0.15) is 15.9 Å². The van der Waals surface area contributed by atoms with E-state index in [4.69, 9.17) is 4.74 Å². The normalized spacial score (nSPS) is 10.6. The van der Waals surface area contributed by atoms with Crippen LogP contribution in [-0.4, -0.2) is 23.5 Å². The first-order valence-corrected chi connectivity index (χ1v) is 8.76. The second-order valence-electron chi connectivity index (χ2n) is 5.12. The minimum atomic E-state index is -0.534. The largest absolute Gasteiger partial charge is 0.452 e. The van der Waals surface area contributed by atoms with E-state index in [0.29, 0.717) is 11.3 Å². The van der Waals surface area contributed by atoms with Gasteiger partial charge >= 0.3 is 5.97 Å². The summed E-state index contributed by atoms with van der Waals surface area (Å²) in [6.45, 7) is 1.55. The van der Waals surface area contributed by atoms with Crippen molar-refractivity contribution in [2.24, 2.45) is 0 Å². The fourth-order valence-corrected chi connectivity index (χ4v) is 3.34. The molecule has 0 saturated heterocycles. The number of benzene rings is 2. The molecule has 0 atom stereocenters. The number of anilines is 1. The molecular weight excluding hydrogens is 392 g/mol. The van der Waals surface area contributed by atoms with Gasteiger partial charge in [-0.1, -0.05) is 15.9 Å². The summed E-state index contributed by atoms with van der Waals surface area (Å²) in [6, 6.07) is 10.6. The number of halogens is 1. The highest BCUT2D eigenvalue weighted by molar-refractivity contribution is 9.10. The number of esters is 1. The van der Waals surface area contributed by atoms with Gasteiger partial charge in [0.25, 0.3) is 5.91 Å². The maximum absolute atomic E-state index is 12.1. The predicted molar refractivity (Wildman–Crippen MR) is 97.4 cm³/mol. The Kier molecular flexibility index (Phi) is 4.92. The number of carbonyl (C=O) groups is 2. The van der Waals surface area contributed by atoms with Crippen molar-refractivity contribution >= 4 is 55.0 Å². The van der Waals surface area contributed by atoms with Crippen molar-refractivity contribution in [3.63, 3.8) is 0 Å². The van der Waals surface area contributed by atoms with Crippen molar-refractivity contribution < 1.29 is 14.3 Å². The Bertz CT molecular complexity index is 923. The molecule has 1 amide bonds. The smallest absolute Gasteiger partial charge is 0.338 e. The highest BCUT2D eigenvalue weighted by Gasteiger charge is 2.12. The summed E-state index contributed by atoms with van der Waals surface area (Å²) in [5.74, 6) is -0.916. The van der Waals surface area contributed by atoms with E-state index < -0.39 is 5.97 Å². The van der Waals surface area contributed by atoms with Crippen molar-refractivity contribution in [2.75, 3.05) is 11.9 Å². The lowest BCUT2D eigenvalue weighted by atomic mass is 10.2. The van der Waals surface area contributed by atoms with Crippen LogP contribution in [0.15, 0.2) is 46.4 Å². The molecule has 0 fully saturated rings. The van der Waals surface area contributed by atoms with E-state index in [1.54, 1.807) is 29.8 Å². The number of hydrogen-bond donors (Lipinski definition) is 1. The molecule has 0 radical (unpaired) electrons. The monoisotopic (exact) mass is 404 g/mol. The number of rotatable bonds is 4. The summed E-state index contributed by atoms with van der Waals surface area (Å²) in [6.07, 6.45) is 0. The number of hydrogen-bond acceptors (Lipinski definition) is 5. The third-order valence-electron chi connectivity index (χ3n) is 3.36. The van der Waals surface area contributed by atoms with Crippen molar-refractivity contribution in [3.8, 4) is 0 Å². The Morgan fingerprint density at radius 2 is 2.08 bits per heavy atom. The molecule has 0 aliphatic carbocycles. The quantitative estimate of drug-likeness (QED) is 0.662. The number of carbonyl (C=O) groups excluding carboxylic acids is 2. The lowest BCUT2D eigenvalue weighted by molar-refractivity contribution is -0.119. The van der Waals surface area contributed by atoms with Crippen LogP contribution in [-0.2, 0) is 9.53 Å². The van der Waals surface area contributed by atoms with Crippen LogP contribution < -0.4 is 5.32 Å². The highest BCUT2D eigenvalue weighted by Crippen LogP contribution is 2.21. The van der Waals surface area contributed by atoms with Crippen molar-refractivity contribution in [2.45, 2.75) is 6.92 Å². The lowest BCUT2D eigenvalue weighted by Crippen LogP contribution is -2.21. The van der Waals surface area contributed by atoms with Gasteiger partial charge in [-0.3, -0.25) is 4.79 Å². The van der Waals surface area contributed by atoms with Crippen molar-refractivity contribution in [1.82, 2.24) is 4.98 Å². The van der Waals surface area contributed by atoms with Gasteiger partial charge in [0.2, 0.25) is 0 Å². The van der Waals surface area contributed by atoms with Crippen LogP contribution >= 0.6 is 27.3 Å². The van der Waals surface area contributed by atoms with E-state index in [1.165, 1.54) is 11.3 Å². The first-order valence-electron chi connectivity index (χ1n) is 7.09. The fourth-order valence-electron chi connectivity index (χ4n) is 2.15. The molecule has 0 saturated carbocycles. The molecule has 0 spiro atoms. The van der Waals surface area contributed by atoms with E-state index in [2.05, 4.69) is 26.2 Å². The zero-order valence-electron chi connectivity index (χ0n) is 12.7. The number of thiazole rings is 1. The zero-order valence-corrected chi connectivity index (χ0v) is 15.1. The molecule has 122 valence electrons. The number of amides is 1. The summed E-state index contributed by atoms with van der Waals surface area (Å²) in [4.78, 5) is 28.2. The Hall–Kier alpha value is -2.25. The molecule has 1 heterocycles. The van der Waals surface area contributed by atoms with Gasteiger partial charge in [-0.25, -0.2) is 9.78 Å². The molecule has 3 aromatic rings. The first-order chi connectivity index (χ1) is 11.5. The number of ether oxygens (including phenoxy) is 1. The van der Waals surface area contributed by atoms with Gasteiger partial charge in [0.15, 0.2) is 6.61 Å². The standard InChI is InChI=1S/C17H13BrN2O3S/c1-10-6-12(18)3-5-13(10)20-16(21)8-23-17(22)11-2-4-14-15(7-11)24-9-19-14/h2-7,9H,8H2,1H3,(H,20,21). The molecule has 0 aliphatic heterocycles. The number of aromatic nitrogens is 1. The van der Waals surface area contributed by atoms with Gasteiger partial charge in [-0.2, -0.15) is 0 Å². The summed E-state index contributed by atoms with van der Waals surface area (Å²) in [7, 11) is 0. The summed E-state index contributed by atoms with van der Waals surface area (Å²) in [5, 5.41) is 2.72. The molecule has 0 aliphatic rings. The Morgan fingerprint density at radius 1 is 1.25 bits per heavy atom. The number of nitrogens with one attached hydrogen (secondary N) is 1. The fraction of sp³-hybridized carbons (Fsp3) is 0.118. The molecule has 1 N–H and O–H groups in total. The van der Waals surface area contributed by atoms with E-state index in [-0.39, 0.29) is 12.5 Å². The van der Waals surface area contributed by atoms with Crippen molar-refractivity contribution in [1.29, 1.82) is 0 Å². The van der Waals surface area contributed by atoms with Crippen LogP contribution in [0, 0.1) is 6.92 Å². The average molecular weight is 405 g/mol. The predicted octanol–water partition coefficient (Wildman–Crippen LogP) is 4.16. The summed E-state index contributed by atoms with van der Waals surface area (Å²) >= 11 is 4.81. The van der Waals surface area contributed by atoms with Gasteiger partial charge in [0, 0.05) is 10.2 Å². The minimum Gasteiger partial charge on any atom is -0.452 e. The second-order valence-corrected chi connectivity index (χ2v) is 6.92. The Morgan fingerprint density at radius 3 is 2.88 bits per heavy atom. The minimum absolute atomic E-state index is 0.338. The highest BCUT2D eigenvalue weighted by atomic mass is 79.9. The molecule has 7 heteroatoms. The van der Waals surface area contributed by atoms with Crippen LogP contribution in [0.25, 0.3) is 10.2 Å². The molecule has 2 aromatic carbocycles. The molecular formula is C17H13BrN2O3S. The molecule has 3 rings (SSSR count). The maximum atomic E-state index is 12.1. The maximum Gasteiger partial charge on any atom is 0.338 e.